The number of phenolic OH excluding ortho intramolecular Hbond substituents is 1. The van der Waals surface area contributed by atoms with Gasteiger partial charge in [0.15, 0.2) is 11.5 Å². The van der Waals surface area contributed by atoms with Crippen LogP contribution in [0.1, 0.15) is 18.5 Å². The van der Waals surface area contributed by atoms with Crippen molar-refractivity contribution in [2.45, 2.75) is 13.0 Å². The molecule has 0 bridgehead atoms. The van der Waals surface area contributed by atoms with E-state index in [1.54, 1.807) is 13.2 Å². The molecule has 0 aromatic heterocycles. The smallest absolute Gasteiger partial charge is 0.160 e. The maximum absolute atomic E-state index is 9.59. The van der Waals surface area contributed by atoms with Gasteiger partial charge in [0.1, 0.15) is 0 Å². The van der Waals surface area contributed by atoms with Gasteiger partial charge >= 0.3 is 0 Å². The van der Waals surface area contributed by atoms with Gasteiger partial charge in [-0.1, -0.05) is 6.07 Å². The molecule has 1 N–H and O–H groups in total. The summed E-state index contributed by atoms with van der Waals surface area (Å²) in [5.74, 6) is 0.713. The van der Waals surface area contributed by atoms with Crippen LogP contribution in [0, 0.1) is 0 Å². The van der Waals surface area contributed by atoms with Gasteiger partial charge in [0, 0.05) is 19.1 Å². The summed E-state index contributed by atoms with van der Waals surface area (Å²) in [7, 11) is 7.82. The second-order valence-corrected chi connectivity index (χ2v) is 4.89. The second kappa shape index (κ2) is 6.61. The van der Waals surface area contributed by atoms with E-state index in [9.17, 15) is 5.11 Å². The Labute approximate surface area is 110 Å². The van der Waals surface area contributed by atoms with E-state index >= 15 is 0 Å². The van der Waals surface area contributed by atoms with Crippen molar-refractivity contribution in [2.75, 3.05) is 41.3 Å². The van der Waals surface area contributed by atoms with Crippen LogP contribution in [0.25, 0.3) is 0 Å². The number of aromatic hydroxyl groups is 1. The predicted octanol–water partition coefficient (Wildman–Crippen LogP) is 1.96. The number of methoxy groups -OCH3 is 1. The number of hydrogen-bond donors (Lipinski definition) is 1. The van der Waals surface area contributed by atoms with Crippen molar-refractivity contribution >= 4 is 0 Å². The molecule has 0 radical (unpaired) electrons. The number of ether oxygens (including phenoxy) is 1. The second-order valence-electron chi connectivity index (χ2n) is 4.89. The zero-order valence-corrected chi connectivity index (χ0v) is 12.0. The van der Waals surface area contributed by atoms with Gasteiger partial charge in [0.2, 0.25) is 0 Å². The third-order valence-electron chi connectivity index (χ3n) is 3.25. The van der Waals surface area contributed by atoms with Crippen LogP contribution in [0.2, 0.25) is 0 Å². The average Bonchev–Trinajstić information content (AvgIpc) is 2.35. The van der Waals surface area contributed by atoms with E-state index in [4.69, 9.17) is 4.74 Å². The number of phenols is 1. The molecule has 0 heterocycles. The molecule has 1 aromatic carbocycles. The largest absolute Gasteiger partial charge is 0.504 e. The van der Waals surface area contributed by atoms with E-state index in [0.717, 1.165) is 18.7 Å². The summed E-state index contributed by atoms with van der Waals surface area (Å²) < 4.78 is 5.14. The van der Waals surface area contributed by atoms with Crippen molar-refractivity contribution in [1.29, 1.82) is 0 Å². The lowest BCUT2D eigenvalue weighted by molar-refractivity contribution is 0.230. The normalized spacial score (nSPS) is 13.1. The Morgan fingerprint density at radius 2 is 1.89 bits per heavy atom. The number of nitrogens with zero attached hydrogens (tertiary/aromatic N) is 2. The first-order chi connectivity index (χ1) is 8.45. The molecule has 1 rings (SSSR count). The summed E-state index contributed by atoms with van der Waals surface area (Å²) in [5.41, 5.74) is 1.14. The summed E-state index contributed by atoms with van der Waals surface area (Å²) in [6, 6.07) is 5.81. The Morgan fingerprint density at radius 1 is 1.22 bits per heavy atom. The molecular formula is C14H24N2O2. The van der Waals surface area contributed by atoms with Crippen LogP contribution in [0.5, 0.6) is 11.5 Å². The summed E-state index contributed by atoms with van der Waals surface area (Å²) in [6.07, 6.45) is 0. The van der Waals surface area contributed by atoms with Gasteiger partial charge in [-0.15, -0.1) is 0 Å². The maximum atomic E-state index is 9.59. The molecule has 0 saturated heterocycles. The van der Waals surface area contributed by atoms with E-state index in [1.807, 2.05) is 12.1 Å². The SMILES string of the molecule is COc1cc(C(C)N(C)CCN(C)C)ccc1O. The fourth-order valence-corrected chi connectivity index (χ4v) is 1.76. The Kier molecular flexibility index (Phi) is 5.44. The lowest BCUT2D eigenvalue weighted by Gasteiger charge is -2.26. The van der Waals surface area contributed by atoms with Crippen molar-refractivity contribution in [3.8, 4) is 11.5 Å². The van der Waals surface area contributed by atoms with Gasteiger partial charge in [0.05, 0.1) is 7.11 Å². The minimum Gasteiger partial charge on any atom is -0.504 e. The van der Waals surface area contributed by atoms with Crippen LogP contribution < -0.4 is 4.74 Å². The van der Waals surface area contributed by atoms with E-state index in [1.165, 1.54) is 0 Å². The molecule has 1 atom stereocenters. The van der Waals surface area contributed by atoms with Crippen LogP contribution in [0.4, 0.5) is 0 Å². The van der Waals surface area contributed by atoms with Gasteiger partial charge in [0.25, 0.3) is 0 Å². The van der Waals surface area contributed by atoms with Crippen molar-refractivity contribution in [3.63, 3.8) is 0 Å². The molecule has 0 aliphatic heterocycles. The third-order valence-corrected chi connectivity index (χ3v) is 3.25. The van der Waals surface area contributed by atoms with Crippen molar-refractivity contribution in [2.24, 2.45) is 0 Å². The highest BCUT2D eigenvalue weighted by atomic mass is 16.5. The Bertz CT molecular complexity index is 380. The number of likely N-dealkylation sites (N-methyl/N-ethyl adjacent to an activating group) is 2. The zero-order chi connectivity index (χ0) is 13.7. The van der Waals surface area contributed by atoms with Crippen LogP contribution in [0.3, 0.4) is 0 Å². The molecule has 18 heavy (non-hydrogen) atoms. The van der Waals surface area contributed by atoms with E-state index < -0.39 is 0 Å². The summed E-state index contributed by atoms with van der Waals surface area (Å²) in [5, 5.41) is 9.59. The van der Waals surface area contributed by atoms with Gasteiger partial charge in [-0.2, -0.15) is 0 Å². The predicted molar refractivity (Wildman–Crippen MR) is 74.3 cm³/mol. The summed E-state index contributed by atoms with van der Waals surface area (Å²) in [6.45, 7) is 4.18. The fraction of sp³-hybridized carbons (Fsp3) is 0.571. The molecule has 1 aromatic rings. The minimum atomic E-state index is 0.185. The lowest BCUT2D eigenvalue weighted by atomic mass is 10.1. The van der Waals surface area contributed by atoms with Crippen molar-refractivity contribution < 1.29 is 9.84 Å². The van der Waals surface area contributed by atoms with Crippen LogP contribution in [-0.2, 0) is 0 Å². The first-order valence-electron chi connectivity index (χ1n) is 6.17. The minimum absolute atomic E-state index is 0.185. The number of benzene rings is 1. The van der Waals surface area contributed by atoms with Crippen molar-refractivity contribution in [3.05, 3.63) is 23.8 Å². The molecular weight excluding hydrogens is 228 g/mol. The molecule has 0 spiro atoms. The molecule has 0 aliphatic carbocycles. The monoisotopic (exact) mass is 252 g/mol. The molecule has 102 valence electrons. The molecule has 0 aliphatic rings. The van der Waals surface area contributed by atoms with Gasteiger partial charge in [-0.3, -0.25) is 4.90 Å². The van der Waals surface area contributed by atoms with Crippen molar-refractivity contribution in [1.82, 2.24) is 9.80 Å². The summed E-state index contributed by atoms with van der Waals surface area (Å²) in [4.78, 5) is 4.45. The first kappa shape index (κ1) is 14.8. The van der Waals surface area contributed by atoms with Gasteiger partial charge in [-0.05, 0) is 45.8 Å². The lowest BCUT2D eigenvalue weighted by Crippen LogP contribution is -2.30. The standard InChI is InChI=1S/C14H24N2O2/c1-11(16(4)9-8-15(2)3)12-6-7-13(17)14(10-12)18-5/h6-7,10-11,17H,8-9H2,1-5H3. The third kappa shape index (κ3) is 3.89. The van der Waals surface area contributed by atoms with Crippen LogP contribution in [0.15, 0.2) is 18.2 Å². The highest BCUT2D eigenvalue weighted by Crippen LogP contribution is 2.30. The molecule has 4 heteroatoms. The molecule has 0 amide bonds. The first-order valence-corrected chi connectivity index (χ1v) is 6.17. The zero-order valence-electron chi connectivity index (χ0n) is 12.0. The van der Waals surface area contributed by atoms with E-state index in [0.29, 0.717) is 11.8 Å². The fourth-order valence-electron chi connectivity index (χ4n) is 1.76. The van der Waals surface area contributed by atoms with Gasteiger partial charge < -0.3 is 14.7 Å². The molecule has 0 fully saturated rings. The molecule has 0 saturated carbocycles. The highest BCUT2D eigenvalue weighted by Gasteiger charge is 2.13. The van der Waals surface area contributed by atoms with E-state index in [2.05, 4.69) is 37.9 Å². The topological polar surface area (TPSA) is 35.9 Å². The van der Waals surface area contributed by atoms with E-state index in [-0.39, 0.29) is 5.75 Å². The Balaban J connectivity index is 2.73. The summed E-state index contributed by atoms with van der Waals surface area (Å²) >= 11 is 0. The highest BCUT2D eigenvalue weighted by molar-refractivity contribution is 5.42. The van der Waals surface area contributed by atoms with Crippen LogP contribution in [-0.4, -0.2) is 56.2 Å². The number of rotatable bonds is 6. The average molecular weight is 252 g/mol. The Morgan fingerprint density at radius 3 is 2.44 bits per heavy atom. The quantitative estimate of drug-likeness (QED) is 0.839. The molecule has 1 unspecified atom stereocenters. The Hall–Kier alpha value is -1.26. The van der Waals surface area contributed by atoms with Crippen LogP contribution >= 0.6 is 0 Å². The molecule has 4 nitrogen and oxygen atoms in total. The van der Waals surface area contributed by atoms with Gasteiger partial charge in [-0.25, -0.2) is 0 Å². The maximum Gasteiger partial charge on any atom is 0.160 e. The number of hydrogen-bond acceptors (Lipinski definition) is 4.